The van der Waals surface area contributed by atoms with Gasteiger partial charge in [-0.1, -0.05) is 28.9 Å². The molecule has 2 saturated heterocycles. The summed E-state index contributed by atoms with van der Waals surface area (Å²) in [4.78, 5) is 26.9. The maximum absolute atomic E-state index is 12.6. The Labute approximate surface area is 144 Å². The monoisotopic (exact) mass is 379 g/mol. The second kappa shape index (κ2) is 7.01. The normalized spacial score (nSPS) is 28.0. The Morgan fingerprint density at radius 3 is 2.96 bits per heavy atom. The Kier molecular flexibility index (Phi) is 5.02. The standard InChI is InChI=1S/C17H22BrN3O2/c1-11-10-19-7-5-15(11)20-16(22)14-6-8-21(17(14)23)13-4-2-3-12(18)9-13/h2-4,9,11,14-15,19H,5-8,10H2,1H3,(H,20,22). The van der Waals surface area contributed by atoms with Gasteiger partial charge in [-0.15, -0.1) is 0 Å². The van der Waals surface area contributed by atoms with E-state index in [0.29, 0.717) is 18.9 Å². The van der Waals surface area contributed by atoms with Crippen molar-refractivity contribution in [3.05, 3.63) is 28.7 Å². The van der Waals surface area contributed by atoms with E-state index in [-0.39, 0.29) is 17.9 Å². The maximum atomic E-state index is 12.6. The number of hydrogen-bond acceptors (Lipinski definition) is 3. The molecular weight excluding hydrogens is 358 g/mol. The lowest BCUT2D eigenvalue weighted by atomic mass is 9.94. The Hall–Kier alpha value is -1.40. The molecule has 0 saturated carbocycles. The first-order chi connectivity index (χ1) is 11.1. The number of carbonyl (C=O) groups excluding carboxylic acids is 2. The summed E-state index contributed by atoms with van der Waals surface area (Å²) in [7, 11) is 0. The fourth-order valence-corrected chi connectivity index (χ4v) is 3.72. The van der Waals surface area contributed by atoms with Crippen LogP contribution in [0.15, 0.2) is 28.7 Å². The Bertz CT molecular complexity index is 607. The van der Waals surface area contributed by atoms with Crippen LogP contribution in [0.1, 0.15) is 19.8 Å². The number of benzene rings is 1. The highest BCUT2D eigenvalue weighted by Gasteiger charge is 2.38. The molecule has 2 heterocycles. The summed E-state index contributed by atoms with van der Waals surface area (Å²) in [6.07, 6.45) is 1.50. The molecule has 2 fully saturated rings. The van der Waals surface area contributed by atoms with Crippen molar-refractivity contribution < 1.29 is 9.59 Å². The van der Waals surface area contributed by atoms with Crippen LogP contribution in [0.3, 0.4) is 0 Å². The van der Waals surface area contributed by atoms with Crippen LogP contribution in [0.4, 0.5) is 5.69 Å². The van der Waals surface area contributed by atoms with E-state index >= 15 is 0 Å². The lowest BCUT2D eigenvalue weighted by Crippen LogP contribution is -2.50. The molecule has 2 aliphatic heterocycles. The first kappa shape index (κ1) is 16.5. The molecule has 0 radical (unpaired) electrons. The predicted molar refractivity (Wildman–Crippen MR) is 93.2 cm³/mol. The number of nitrogens with one attached hydrogen (secondary N) is 2. The number of piperidine rings is 1. The molecule has 0 bridgehead atoms. The summed E-state index contributed by atoms with van der Waals surface area (Å²) in [5.41, 5.74) is 0.843. The van der Waals surface area contributed by atoms with Crippen LogP contribution in [-0.2, 0) is 9.59 Å². The smallest absolute Gasteiger partial charge is 0.239 e. The van der Waals surface area contributed by atoms with E-state index in [0.717, 1.165) is 29.7 Å². The maximum Gasteiger partial charge on any atom is 0.239 e. The molecule has 3 rings (SSSR count). The Balaban J connectivity index is 1.65. The highest BCUT2D eigenvalue weighted by atomic mass is 79.9. The molecule has 3 unspecified atom stereocenters. The molecule has 6 heteroatoms. The number of amides is 2. The zero-order valence-corrected chi connectivity index (χ0v) is 14.8. The molecule has 124 valence electrons. The van der Waals surface area contributed by atoms with Gasteiger partial charge in [-0.2, -0.15) is 0 Å². The minimum atomic E-state index is -0.559. The number of rotatable bonds is 3. The van der Waals surface area contributed by atoms with Crippen molar-refractivity contribution in [3.63, 3.8) is 0 Å². The van der Waals surface area contributed by atoms with Crippen molar-refractivity contribution in [2.75, 3.05) is 24.5 Å². The van der Waals surface area contributed by atoms with Crippen molar-refractivity contribution in [1.82, 2.24) is 10.6 Å². The third kappa shape index (κ3) is 3.58. The van der Waals surface area contributed by atoms with Crippen LogP contribution in [0.2, 0.25) is 0 Å². The first-order valence-corrected chi connectivity index (χ1v) is 8.93. The number of hydrogen-bond donors (Lipinski definition) is 2. The van der Waals surface area contributed by atoms with E-state index in [9.17, 15) is 9.59 Å². The van der Waals surface area contributed by atoms with E-state index in [4.69, 9.17) is 0 Å². The molecule has 2 aliphatic rings. The zero-order valence-electron chi connectivity index (χ0n) is 13.2. The second-order valence-corrected chi connectivity index (χ2v) is 7.31. The third-order valence-electron chi connectivity index (χ3n) is 4.75. The van der Waals surface area contributed by atoms with Crippen molar-refractivity contribution in [1.29, 1.82) is 0 Å². The summed E-state index contributed by atoms with van der Waals surface area (Å²) < 4.78 is 0.930. The van der Waals surface area contributed by atoms with Crippen LogP contribution in [0.5, 0.6) is 0 Å². The molecule has 1 aromatic rings. The minimum absolute atomic E-state index is 0.0952. The van der Waals surface area contributed by atoms with Gasteiger partial charge in [0.2, 0.25) is 11.8 Å². The van der Waals surface area contributed by atoms with E-state index in [1.165, 1.54) is 0 Å². The number of anilines is 1. The van der Waals surface area contributed by atoms with E-state index in [2.05, 4.69) is 33.5 Å². The molecule has 0 aliphatic carbocycles. The van der Waals surface area contributed by atoms with Crippen molar-refractivity contribution in [3.8, 4) is 0 Å². The van der Waals surface area contributed by atoms with Crippen LogP contribution < -0.4 is 15.5 Å². The van der Waals surface area contributed by atoms with Gasteiger partial charge in [0.05, 0.1) is 0 Å². The van der Waals surface area contributed by atoms with Crippen LogP contribution in [0, 0.1) is 11.8 Å². The molecule has 3 atom stereocenters. The van der Waals surface area contributed by atoms with Crippen molar-refractivity contribution >= 4 is 33.4 Å². The molecule has 23 heavy (non-hydrogen) atoms. The SMILES string of the molecule is CC1CNCCC1NC(=O)C1CCN(c2cccc(Br)c2)C1=O. The number of halogens is 1. The van der Waals surface area contributed by atoms with Crippen molar-refractivity contribution in [2.45, 2.75) is 25.8 Å². The van der Waals surface area contributed by atoms with Gasteiger partial charge in [0, 0.05) is 22.7 Å². The fourth-order valence-electron chi connectivity index (χ4n) is 3.34. The topological polar surface area (TPSA) is 61.4 Å². The molecule has 2 amide bonds. The summed E-state index contributed by atoms with van der Waals surface area (Å²) >= 11 is 3.42. The van der Waals surface area contributed by atoms with Gasteiger partial charge >= 0.3 is 0 Å². The first-order valence-electron chi connectivity index (χ1n) is 8.14. The summed E-state index contributed by atoms with van der Waals surface area (Å²) in [6, 6.07) is 7.80. The van der Waals surface area contributed by atoms with E-state index < -0.39 is 5.92 Å². The molecular formula is C17H22BrN3O2. The summed E-state index contributed by atoms with van der Waals surface area (Å²) in [5.74, 6) is -0.380. The van der Waals surface area contributed by atoms with Gasteiger partial charge in [-0.3, -0.25) is 9.59 Å². The minimum Gasteiger partial charge on any atom is -0.352 e. The molecule has 5 nitrogen and oxygen atoms in total. The van der Waals surface area contributed by atoms with Gasteiger partial charge in [0.25, 0.3) is 0 Å². The van der Waals surface area contributed by atoms with E-state index in [1.807, 2.05) is 24.3 Å². The van der Waals surface area contributed by atoms with Crippen LogP contribution >= 0.6 is 15.9 Å². The highest BCUT2D eigenvalue weighted by Crippen LogP contribution is 2.27. The zero-order chi connectivity index (χ0) is 16.4. The highest BCUT2D eigenvalue weighted by molar-refractivity contribution is 9.10. The van der Waals surface area contributed by atoms with Crippen LogP contribution in [-0.4, -0.2) is 37.5 Å². The largest absolute Gasteiger partial charge is 0.352 e. The predicted octanol–water partition coefficient (Wildman–Crippen LogP) is 1.92. The molecule has 0 aromatic heterocycles. The van der Waals surface area contributed by atoms with Gasteiger partial charge in [0.15, 0.2) is 0 Å². The van der Waals surface area contributed by atoms with Gasteiger partial charge in [0.1, 0.15) is 5.92 Å². The van der Waals surface area contributed by atoms with Crippen LogP contribution in [0.25, 0.3) is 0 Å². The van der Waals surface area contributed by atoms with Gasteiger partial charge < -0.3 is 15.5 Å². The lowest BCUT2D eigenvalue weighted by molar-refractivity contribution is -0.132. The van der Waals surface area contributed by atoms with Gasteiger partial charge in [-0.05, 0) is 50.0 Å². The number of carbonyl (C=O) groups is 2. The third-order valence-corrected chi connectivity index (χ3v) is 5.25. The molecule has 1 aromatic carbocycles. The lowest BCUT2D eigenvalue weighted by Gasteiger charge is -2.30. The average Bonchev–Trinajstić information content (AvgIpc) is 2.91. The number of nitrogens with zero attached hydrogens (tertiary/aromatic N) is 1. The van der Waals surface area contributed by atoms with Crippen molar-refractivity contribution in [2.24, 2.45) is 11.8 Å². The average molecular weight is 380 g/mol. The Morgan fingerprint density at radius 1 is 1.39 bits per heavy atom. The second-order valence-electron chi connectivity index (χ2n) is 6.40. The molecule has 2 N–H and O–H groups in total. The molecule has 0 spiro atoms. The summed E-state index contributed by atoms with van der Waals surface area (Å²) in [6.45, 7) is 4.54. The quantitative estimate of drug-likeness (QED) is 0.788. The summed E-state index contributed by atoms with van der Waals surface area (Å²) in [5, 5.41) is 6.41. The fraction of sp³-hybridized carbons (Fsp3) is 0.529. The van der Waals surface area contributed by atoms with Gasteiger partial charge in [-0.25, -0.2) is 0 Å². The van der Waals surface area contributed by atoms with E-state index in [1.54, 1.807) is 4.90 Å². The Morgan fingerprint density at radius 2 is 2.22 bits per heavy atom.